The molecule has 1 amide bonds. The number of carbonyl (C=O) groups excluding carboxylic acids is 1. The summed E-state index contributed by atoms with van der Waals surface area (Å²) in [4.78, 5) is 35.2. The Kier molecular flexibility index (Phi) is 7.95. The standard InChI is InChI=1S/C28H30N4O4/c1-4-32(5-2)23-9-10-24-19(3)25(27(33)36-26(24)14-23)11-12-35-28(34)31-15-20-7-6-8-21(13-20)22-16-29-18-30-17-22/h6-10,13-14,16-18H,4-5,11-12,15H2,1-3H3,(H,31,34). The van der Waals surface area contributed by atoms with Crippen molar-refractivity contribution >= 4 is 22.7 Å². The molecule has 0 saturated heterocycles. The molecule has 0 fully saturated rings. The van der Waals surface area contributed by atoms with Gasteiger partial charge in [-0.1, -0.05) is 18.2 Å². The van der Waals surface area contributed by atoms with Crippen LogP contribution in [-0.2, 0) is 17.7 Å². The number of benzene rings is 2. The fourth-order valence-electron chi connectivity index (χ4n) is 4.24. The highest BCUT2D eigenvalue weighted by molar-refractivity contribution is 5.84. The van der Waals surface area contributed by atoms with Crippen molar-refractivity contribution < 1.29 is 13.9 Å². The molecular formula is C28H30N4O4. The Hall–Kier alpha value is -4.20. The SMILES string of the molecule is CCN(CC)c1ccc2c(C)c(CCOC(=O)NCc3cccc(-c4cncnc4)c3)c(=O)oc2c1. The lowest BCUT2D eigenvalue weighted by molar-refractivity contribution is 0.146. The zero-order chi connectivity index (χ0) is 25.5. The van der Waals surface area contributed by atoms with Crippen molar-refractivity contribution in [3.05, 3.63) is 88.3 Å². The summed E-state index contributed by atoms with van der Waals surface area (Å²) in [5, 5.41) is 3.63. The first-order chi connectivity index (χ1) is 17.5. The van der Waals surface area contributed by atoms with E-state index in [0.717, 1.165) is 46.4 Å². The van der Waals surface area contributed by atoms with Crippen LogP contribution in [0.1, 0.15) is 30.5 Å². The van der Waals surface area contributed by atoms with Gasteiger partial charge in [-0.05, 0) is 55.7 Å². The number of hydrogen-bond donors (Lipinski definition) is 1. The lowest BCUT2D eigenvalue weighted by Gasteiger charge is -2.21. The van der Waals surface area contributed by atoms with Gasteiger partial charge in [0.15, 0.2) is 0 Å². The number of fused-ring (bicyclic) bond motifs is 1. The van der Waals surface area contributed by atoms with Crippen molar-refractivity contribution in [1.82, 2.24) is 15.3 Å². The summed E-state index contributed by atoms with van der Waals surface area (Å²) in [5.74, 6) is 0. The number of alkyl carbamates (subject to hydrolysis) is 1. The highest BCUT2D eigenvalue weighted by Crippen LogP contribution is 2.25. The Morgan fingerprint density at radius 1 is 1.06 bits per heavy atom. The van der Waals surface area contributed by atoms with Crippen molar-refractivity contribution in [3.8, 4) is 11.1 Å². The van der Waals surface area contributed by atoms with Crippen LogP contribution in [-0.4, -0.2) is 35.8 Å². The lowest BCUT2D eigenvalue weighted by Crippen LogP contribution is -2.25. The van der Waals surface area contributed by atoms with Crippen LogP contribution >= 0.6 is 0 Å². The summed E-state index contributed by atoms with van der Waals surface area (Å²) in [6, 6.07) is 13.7. The van der Waals surface area contributed by atoms with Gasteiger partial charge in [-0.15, -0.1) is 0 Å². The highest BCUT2D eigenvalue weighted by Gasteiger charge is 2.14. The number of nitrogens with one attached hydrogen (secondary N) is 1. The minimum Gasteiger partial charge on any atom is -0.449 e. The third-order valence-corrected chi connectivity index (χ3v) is 6.24. The van der Waals surface area contributed by atoms with Crippen LogP contribution < -0.4 is 15.8 Å². The summed E-state index contributed by atoms with van der Waals surface area (Å²) >= 11 is 0. The van der Waals surface area contributed by atoms with Crippen LogP contribution in [0.4, 0.5) is 10.5 Å². The number of hydrogen-bond acceptors (Lipinski definition) is 7. The van der Waals surface area contributed by atoms with E-state index < -0.39 is 11.7 Å². The quantitative estimate of drug-likeness (QED) is 0.337. The van der Waals surface area contributed by atoms with Gasteiger partial charge in [-0.25, -0.2) is 19.6 Å². The number of amides is 1. The predicted octanol–water partition coefficient (Wildman–Crippen LogP) is 4.87. The van der Waals surface area contributed by atoms with Gasteiger partial charge in [0.25, 0.3) is 0 Å². The van der Waals surface area contributed by atoms with Gasteiger partial charge in [0, 0.05) is 66.7 Å². The van der Waals surface area contributed by atoms with Crippen LogP contribution in [0.5, 0.6) is 0 Å². The van der Waals surface area contributed by atoms with E-state index in [9.17, 15) is 9.59 Å². The molecule has 0 spiro atoms. The van der Waals surface area contributed by atoms with E-state index >= 15 is 0 Å². The second-order valence-electron chi connectivity index (χ2n) is 8.41. The van der Waals surface area contributed by atoms with Crippen LogP contribution in [0.25, 0.3) is 22.1 Å². The summed E-state index contributed by atoms with van der Waals surface area (Å²) in [6.07, 6.45) is 4.69. The molecule has 0 saturated carbocycles. The molecule has 0 aliphatic carbocycles. The molecule has 36 heavy (non-hydrogen) atoms. The molecule has 186 valence electrons. The van der Waals surface area contributed by atoms with Gasteiger partial charge in [0.2, 0.25) is 0 Å². The Morgan fingerprint density at radius 3 is 2.58 bits per heavy atom. The average molecular weight is 487 g/mol. The summed E-state index contributed by atoms with van der Waals surface area (Å²) < 4.78 is 10.9. The first-order valence-corrected chi connectivity index (χ1v) is 12.1. The molecular weight excluding hydrogens is 456 g/mol. The van der Waals surface area contributed by atoms with Crippen LogP contribution in [0, 0.1) is 6.92 Å². The van der Waals surface area contributed by atoms with Crippen LogP contribution in [0.3, 0.4) is 0 Å². The Morgan fingerprint density at radius 2 is 1.83 bits per heavy atom. The Labute approximate surface area is 210 Å². The number of aromatic nitrogens is 2. The molecule has 1 N–H and O–H groups in total. The Balaban J connectivity index is 1.35. The molecule has 0 aliphatic rings. The number of carbonyl (C=O) groups is 1. The van der Waals surface area contributed by atoms with E-state index in [0.29, 0.717) is 17.7 Å². The van der Waals surface area contributed by atoms with Crippen molar-refractivity contribution in [1.29, 1.82) is 0 Å². The molecule has 2 aromatic carbocycles. The molecule has 4 rings (SSSR count). The third kappa shape index (κ3) is 5.71. The fraction of sp³-hybridized carbons (Fsp3) is 0.286. The highest BCUT2D eigenvalue weighted by atomic mass is 16.5. The second kappa shape index (κ2) is 11.5. The molecule has 0 bridgehead atoms. The maximum absolute atomic E-state index is 12.7. The maximum atomic E-state index is 12.7. The molecule has 0 atom stereocenters. The number of nitrogens with zero attached hydrogens (tertiary/aromatic N) is 3. The van der Waals surface area contributed by atoms with Crippen LogP contribution in [0.2, 0.25) is 0 Å². The number of anilines is 1. The first-order valence-electron chi connectivity index (χ1n) is 12.1. The van der Waals surface area contributed by atoms with Gasteiger partial charge in [0.05, 0.1) is 6.61 Å². The minimum absolute atomic E-state index is 0.0713. The molecule has 8 heteroatoms. The van der Waals surface area contributed by atoms with Gasteiger partial charge in [-0.2, -0.15) is 0 Å². The molecule has 0 aliphatic heterocycles. The first kappa shape index (κ1) is 24.9. The normalized spacial score (nSPS) is 10.9. The topological polar surface area (TPSA) is 97.6 Å². The summed E-state index contributed by atoms with van der Waals surface area (Å²) in [5.41, 5.74) is 5.33. The van der Waals surface area contributed by atoms with E-state index in [1.165, 1.54) is 6.33 Å². The van der Waals surface area contributed by atoms with Gasteiger partial charge >= 0.3 is 11.7 Å². The molecule has 0 radical (unpaired) electrons. The van der Waals surface area contributed by atoms with Crippen molar-refractivity contribution in [2.45, 2.75) is 33.7 Å². The molecule has 8 nitrogen and oxygen atoms in total. The fourth-order valence-corrected chi connectivity index (χ4v) is 4.24. The van der Waals surface area contributed by atoms with Gasteiger partial charge < -0.3 is 19.4 Å². The number of ether oxygens (including phenoxy) is 1. The monoisotopic (exact) mass is 486 g/mol. The van der Waals surface area contributed by atoms with Crippen molar-refractivity contribution in [2.24, 2.45) is 0 Å². The minimum atomic E-state index is -0.546. The maximum Gasteiger partial charge on any atom is 0.407 e. The molecule has 0 unspecified atom stereocenters. The Bertz CT molecular complexity index is 1400. The van der Waals surface area contributed by atoms with Crippen LogP contribution in [0.15, 0.2) is 70.4 Å². The lowest BCUT2D eigenvalue weighted by atomic mass is 10.0. The smallest absolute Gasteiger partial charge is 0.407 e. The number of rotatable bonds is 9. The second-order valence-corrected chi connectivity index (χ2v) is 8.41. The number of aryl methyl sites for hydroxylation is 1. The summed E-state index contributed by atoms with van der Waals surface area (Å²) in [6.45, 7) is 8.20. The van der Waals surface area contributed by atoms with E-state index in [-0.39, 0.29) is 13.0 Å². The average Bonchev–Trinajstić information content (AvgIpc) is 2.90. The van der Waals surface area contributed by atoms with E-state index in [2.05, 4.69) is 34.0 Å². The zero-order valence-corrected chi connectivity index (χ0v) is 20.8. The van der Waals surface area contributed by atoms with Crippen molar-refractivity contribution in [2.75, 3.05) is 24.6 Å². The van der Waals surface area contributed by atoms with E-state index in [1.54, 1.807) is 12.4 Å². The predicted molar refractivity (Wildman–Crippen MR) is 140 cm³/mol. The molecule has 2 heterocycles. The zero-order valence-electron chi connectivity index (χ0n) is 20.8. The van der Waals surface area contributed by atoms with Crippen molar-refractivity contribution in [3.63, 3.8) is 0 Å². The van der Waals surface area contributed by atoms with E-state index in [1.807, 2.05) is 49.4 Å². The van der Waals surface area contributed by atoms with E-state index in [4.69, 9.17) is 9.15 Å². The van der Waals surface area contributed by atoms with Gasteiger partial charge in [-0.3, -0.25) is 0 Å². The molecule has 2 aromatic heterocycles. The third-order valence-electron chi connectivity index (χ3n) is 6.24. The summed E-state index contributed by atoms with van der Waals surface area (Å²) in [7, 11) is 0. The van der Waals surface area contributed by atoms with Gasteiger partial charge in [0.1, 0.15) is 11.9 Å². The molecule has 4 aromatic rings. The largest absolute Gasteiger partial charge is 0.449 e.